The number of rotatable bonds is 2. The maximum Gasteiger partial charge on any atom is 0.328 e. The van der Waals surface area contributed by atoms with Crippen LogP contribution in [0.25, 0.3) is 0 Å². The Bertz CT molecular complexity index is 592. The molecule has 0 aliphatic carbocycles. The molecule has 5 nitrogen and oxygen atoms in total. The number of hydrogen-bond donors (Lipinski definition) is 1. The molecule has 1 aromatic carbocycles. The van der Waals surface area contributed by atoms with E-state index >= 15 is 0 Å². The van der Waals surface area contributed by atoms with Gasteiger partial charge in [-0.05, 0) is 17.4 Å². The highest BCUT2D eigenvalue weighted by atomic mass is 32.2. The monoisotopic (exact) mass is 292 g/mol. The minimum absolute atomic E-state index is 0.191. The lowest BCUT2D eigenvalue weighted by molar-refractivity contribution is -0.170. The number of esters is 1. The molecule has 1 aromatic rings. The molecule has 3 rings (SSSR count). The highest BCUT2D eigenvalue weighted by Gasteiger charge is 2.65. The van der Waals surface area contributed by atoms with Gasteiger partial charge >= 0.3 is 5.97 Å². The summed E-state index contributed by atoms with van der Waals surface area (Å²) in [4.78, 5) is 25.1. The molecule has 0 aromatic heterocycles. The van der Waals surface area contributed by atoms with Gasteiger partial charge in [0.2, 0.25) is 5.91 Å². The number of fused-ring (bicyclic) bond motifs is 3. The Morgan fingerprint density at radius 2 is 2.20 bits per heavy atom. The number of amides is 1. The van der Waals surface area contributed by atoms with E-state index in [1.807, 2.05) is 30.5 Å². The number of methoxy groups -OCH3 is 1. The Morgan fingerprint density at radius 1 is 1.50 bits per heavy atom. The molecule has 106 valence electrons. The summed E-state index contributed by atoms with van der Waals surface area (Å²) >= 11 is 1.50. The molecule has 0 saturated carbocycles. The Kier molecular flexibility index (Phi) is 3.02. The van der Waals surface area contributed by atoms with Crippen molar-refractivity contribution in [2.75, 3.05) is 13.4 Å². The van der Waals surface area contributed by atoms with Crippen LogP contribution in [0.15, 0.2) is 24.3 Å². The van der Waals surface area contributed by atoms with Crippen LogP contribution in [0.1, 0.15) is 11.1 Å². The average molecular weight is 292 g/mol. The van der Waals surface area contributed by atoms with Crippen LogP contribution in [0.5, 0.6) is 0 Å². The van der Waals surface area contributed by atoms with Gasteiger partial charge in [-0.3, -0.25) is 4.79 Å². The second-order valence-electron chi connectivity index (χ2n) is 4.99. The topological polar surface area (TPSA) is 72.6 Å². The summed E-state index contributed by atoms with van der Waals surface area (Å²) in [6, 6.07) is 6.63. The van der Waals surface area contributed by atoms with Gasteiger partial charge < -0.3 is 15.4 Å². The van der Waals surface area contributed by atoms with Crippen molar-refractivity contribution in [2.24, 2.45) is 5.73 Å². The maximum absolute atomic E-state index is 12.2. The van der Waals surface area contributed by atoms with Gasteiger partial charge in [-0.15, -0.1) is 11.8 Å². The van der Waals surface area contributed by atoms with Crippen molar-refractivity contribution >= 4 is 23.6 Å². The molecule has 2 N–H and O–H groups in total. The summed E-state index contributed by atoms with van der Waals surface area (Å²) in [6.07, 6.45) is 2.39. The second-order valence-corrected chi connectivity index (χ2v) is 6.02. The molecule has 2 aliphatic heterocycles. The molecular weight excluding hydrogens is 276 g/mol. The highest BCUT2D eigenvalue weighted by molar-refractivity contribution is 7.99. The van der Waals surface area contributed by atoms with Crippen LogP contribution in [0.2, 0.25) is 0 Å². The van der Waals surface area contributed by atoms with E-state index in [9.17, 15) is 9.59 Å². The molecule has 3 unspecified atom stereocenters. The number of hydrogen-bond acceptors (Lipinski definition) is 5. The smallest absolute Gasteiger partial charge is 0.328 e. The van der Waals surface area contributed by atoms with Crippen molar-refractivity contribution in [3.63, 3.8) is 0 Å². The molecule has 1 fully saturated rings. The average Bonchev–Trinajstić information content (AvgIpc) is 2.50. The van der Waals surface area contributed by atoms with Crippen LogP contribution in [0.3, 0.4) is 0 Å². The van der Waals surface area contributed by atoms with Crippen molar-refractivity contribution in [2.45, 2.75) is 23.4 Å². The van der Waals surface area contributed by atoms with Crippen LogP contribution in [0.4, 0.5) is 0 Å². The second kappa shape index (κ2) is 4.49. The number of nitrogens with zero attached hydrogens (tertiary/aromatic N) is 1. The third-order valence-electron chi connectivity index (χ3n) is 4.20. The molecule has 2 aliphatic rings. The predicted octanol–water partition coefficient (Wildman–Crippen LogP) is 0.470. The number of carbonyl (C=O) groups excluding carboxylic acids is 2. The summed E-state index contributed by atoms with van der Waals surface area (Å²) in [5, 5.41) is 0. The number of β-lactam (4-membered cyclic amide) rings is 1. The summed E-state index contributed by atoms with van der Waals surface area (Å²) in [6.45, 7) is 0. The van der Waals surface area contributed by atoms with E-state index in [0.29, 0.717) is 6.42 Å². The van der Waals surface area contributed by atoms with Crippen LogP contribution in [-0.4, -0.2) is 42.2 Å². The van der Waals surface area contributed by atoms with Crippen LogP contribution >= 0.6 is 11.8 Å². The summed E-state index contributed by atoms with van der Waals surface area (Å²) in [5.41, 5.74) is 8.16. The third-order valence-corrected chi connectivity index (χ3v) is 5.49. The van der Waals surface area contributed by atoms with E-state index in [2.05, 4.69) is 0 Å². The summed E-state index contributed by atoms with van der Waals surface area (Å²) in [7, 11) is 1.34. The first-order chi connectivity index (χ1) is 9.57. The van der Waals surface area contributed by atoms with E-state index in [1.165, 1.54) is 18.9 Å². The largest absolute Gasteiger partial charge is 0.467 e. The van der Waals surface area contributed by atoms with Crippen LogP contribution in [-0.2, 0) is 25.6 Å². The Labute approximate surface area is 121 Å². The molecular formula is C14H16N2O3S. The van der Waals surface area contributed by atoms with Crippen molar-refractivity contribution in [3.05, 3.63) is 35.4 Å². The van der Waals surface area contributed by atoms with Crippen molar-refractivity contribution in [3.8, 4) is 0 Å². The van der Waals surface area contributed by atoms with Gasteiger partial charge in [0.15, 0.2) is 0 Å². The molecule has 0 spiro atoms. The van der Waals surface area contributed by atoms with Gasteiger partial charge in [0, 0.05) is 6.42 Å². The van der Waals surface area contributed by atoms with Gasteiger partial charge in [0.25, 0.3) is 0 Å². The summed E-state index contributed by atoms with van der Waals surface area (Å²) in [5.74, 6) is -0.581. The van der Waals surface area contributed by atoms with Gasteiger partial charge in [-0.25, -0.2) is 4.79 Å². The number of carbonyl (C=O) groups is 2. The molecule has 3 atom stereocenters. The number of benzene rings is 1. The first-order valence-corrected chi connectivity index (χ1v) is 7.60. The number of thioether (sulfide) groups is 1. The minimum atomic E-state index is -0.648. The molecule has 1 saturated heterocycles. The molecule has 6 heteroatoms. The summed E-state index contributed by atoms with van der Waals surface area (Å²) < 4.78 is 4.85. The molecule has 2 heterocycles. The SMILES string of the molecule is COC(=O)C1Cc2ccccc2C2(SC)C(N)C(=O)N12. The fraction of sp³-hybridized carbons (Fsp3) is 0.429. The van der Waals surface area contributed by atoms with E-state index in [4.69, 9.17) is 10.5 Å². The Morgan fingerprint density at radius 3 is 2.85 bits per heavy atom. The lowest BCUT2D eigenvalue weighted by atomic mass is 9.77. The van der Waals surface area contributed by atoms with Crippen LogP contribution in [0, 0.1) is 0 Å². The fourth-order valence-electron chi connectivity index (χ4n) is 3.25. The zero-order chi connectivity index (χ0) is 14.5. The molecule has 0 bridgehead atoms. The van der Waals surface area contributed by atoms with Gasteiger partial charge in [0.1, 0.15) is 17.0 Å². The normalized spacial score (nSPS) is 31.1. The third kappa shape index (κ3) is 1.43. The quantitative estimate of drug-likeness (QED) is 0.633. The Balaban J connectivity index is 2.17. The van der Waals surface area contributed by atoms with E-state index < -0.39 is 22.9 Å². The lowest BCUT2D eigenvalue weighted by Crippen LogP contribution is -2.79. The van der Waals surface area contributed by atoms with Gasteiger partial charge in [0.05, 0.1) is 7.11 Å². The van der Waals surface area contributed by atoms with Crippen molar-refractivity contribution < 1.29 is 14.3 Å². The minimum Gasteiger partial charge on any atom is -0.467 e. The maximum atomic E-state index is 12.2. The number of ether oxygens (including phenoxy) is 1. The standard InChI is InChI=1S/C14H16N2O3S/c1-19-13(18)10-7-8-5-3-4-6-9(8)14(20-2)11(15)12(17)16(10)14/h3-6,10-11H,7,15H2,1-2H3. The molecule has 1 amide bonds. The Hall–Kier alpha value is -1.53. The van der Waals surface area contributed by atoms with E-state index in [0.717, 1.165) is 11.1 Å². The van der Waals surface area contributed by atoms with Gasteiger partial charge in [-0.2, -0.15) is 0 Å². The first kappa shape index (κ1) is 13.5. The van der Waals surface area contributed by atoms with E-state index in [1.54, 1.807) is 4.90 Å². The highest BCUT2D eigenvalue weighted by Crippen LogP contribution is 2.53. The first-order valence-electron chi connectivity index (χ1n) is 6.38. The van der Waals surface area contributed by atoms with Crippen molar-refractivity contribution in [1.29, 1.82) is 0 Å². The van der Waals surface area contributed by atoms with Crippen LogP contribution < -0.4 is 5.73 Å². The van der Waals surface area contributed by atoms with E-state index in [-0.39, 0.29) is 5.91 Å². The zero-order valence-corrected chi connectivity index (χ0v) is 12.1. The number of nitrogens with two attached hydrogens (primary N) is 1. The molecule has 0 radical (unpaired) electrons. The van der Waals surface area contributed by atoms with Crippen molar-refractivity contribution in [1.82, 2.24) is 4.90 Å². The fourth-order valence-corrected chi connectivity index (χ4v) is 4.44. The van der Waals surface area contributed by atoms with Gasteiger partial charge in [-0.1, -0.05) is 24.3 Å². The molecule has 20 heavy (non-hydrogen) atoms. The predicted molar refractivity (Wildman–Crippen MR) is 76.0 cm³/mol. The lowest BCUT2D eigenvalue weighted by Gasteiger charge is -2.60. The zero-order valence-electron chi connectivity index (χ0n) is 11.3.